The van der Waals surface area contributed by atoms with Gasteiger partial charge < -0.3 is 4.90 Å². The number of nitrogens with zero attached hydrogens (tertiary/aromatic N) is 2. The van der Waals surface area contributed by atoms with Crippen LogP contribution >= 0.6 is 11.8 Å². The highest BCUT2D eigenvalue weighted by Gasteiger charge is 2.46. The van der Waals surface area contributed by atoms with E-state index in [0.717, 1.165) is 37.3 Å². The molecular weight excluding hydrogens is 284 g/mol. The first kappa shape index (κ1) is 14.4. The molecule has 1 atom stereocenters. The Bertz CT molecular complexity index is 498. The summed E-state index contributed by atoms with van der Waals surface area (Å²) in [4.78, 5) is 27.4. The number of fused-ring (bicyclic) bond motifs is 1. The summed E-state index contributed by atoms with van der Waals surface area (Å²) in [6, 6.07) is 10.1. The SMILES string of the molecule is O=C1[C@@H]2CCCN2C(=O)N1CCCSCc1ccccc1. The molecule has 2 aliphatic rings. The van der Waals surface area contributed by atoms with E-state index in [0.29, 0.717) is 6.54 Å². The highest BCUT2D eigenvalue weighted by Crippen LogP contribution is 2.27. The summed E-state index contributed by atoms with van der Waals surface area (Å²) in [5, 5.41) is 0. The molecule has 2 saturated heterocycles. The summed E-state index contributed by atoms with van der Waals surface area (Å²) in [5.74, 6) is 1.97. The monoisotopic (exact) mass is 304 g/mol. The van der Waals surface area contributed by atoms with Crippen LogP contribution in [0.1, 0.15) is 24.8 Å². The Morgan fingerprint density at radius 3 is 2.76 bits per heavy atom. The van der Waals surface area contributed by atoms with Gasteiger partial charge in [0.1, 0.15) is 6.04 Å². The van der Waals surface area contributed by atoms with Crippen molar-refractivity contribution in [1.29, 1.82) is 0 Å². The molecule has 3 rings (SSSR count). The number of imide groups is 1. The van der Waals surface area contributed by atoms with Gasteiger partial charge in [0, 0.05) is 18.8 Å². The van der Waals surface area contributed by atoms with Crippen molar-refractivity contribution < 1.29 is 9.59 Å². The van der Waals surface area contributed by atoms with Gasteiger partial charge in [-0.25, -0.2) is 4.79 Å². The normalized spacial score (nSPS) is 21.2. The van der Waals surface area contributed by atoms with Gasteiger partial charge in [-0.2, -0.15) is 11.8 Å². The molecule has 3 amide bonds. The Labute approximate surface area is 129 Å². The Morgan fingerprint density at radius 1 is 1.19 bits per heavy atom. The molecule has 0 aromatic heterocycles. The van der Waals surface area contributed by atoms with E-state index in [4.69, 9.17) is 0 Å². The van der Waals surface area contributed by atoms with Crippen LogP contribution in [0.2, 0.25) is 0 Å². The van der Waals surface area contributed by atoms with E-state index >= 15 is 0 Å². The van der Waals surface area contributed by atoms with Gasteiger partial charge in [-0.15, -0.1) is 0 Å². The standard InChI is InChI=1S/C16H20N2O2S/c19-15-14-8-4-9-17(14)16(20)18(15)10-5-11-21-12-13-6-2-1-3-7-13/h1-3,6-7,14H,4-5,8-12H2/t14-/m0/s1. The van der Waals surface area contributed by atoms with E-state index in [9.17, 15) is 9.59 Å². The van der Waals surface area contributed by atoms with Crippen LogP contribution in [0, 0.1) is 0 Å². The van der Waals surface area contributed by atoms with E-state index in [1.165, 1.54) is 10.5 Å². The lowest BCUT2D eigenvalue weighted by molar-refractivity contribution is -0.127. The molecule has 112 valence electrons. The Kier molecular flexibility index (Phi) is 4.48. The van der Waals surface area contributed by atoms with Gasteiger partial charge in [-0.3, -0.25) is 9.69 Å². The smallest absolute Gasteiger partial charge is 0.312 e. The van der Waals surface area contributed by atoms with Crippen molar-refractivity contribution >= 4 is 23.7 Å². The van der Waals surface area contributed by atoms with E-state index in [1.807, 2.05) is 30.0 Å². The maximum Gasteiger partial charge on any atom is 0.327 e. The van der Waals surface area contributed by atoms with E-state index in [-0.39, 0.29) is 18.0 Å². The highest BCUT2D eigenvalue weighted by molar-refractivity contribution is 7.98. The van der Waals surface area contributed by atoms with E-state index in [2.05, 4.69) is 12.1 Å². The van der Waals surface area contributed by atoms with Crippen LogP contribution in [0.3, 0.4) is 0 Å². The summed E-state index contributed by atoms with van der Waals surface area (Å²) in [5.41, 5.74) is 1.32. The average Bonchev–Trinajstić information content (AvgIpc) is 3.07. The van der Waals surface area contributed by atoms with Gasteiger partial charge in [0.25, 0.3) is 5.91 Å². The zero-order valence-corrected chi connectivity index (χ0v) is 12.8. The van der Waals surface area contributed by atoms with Crippen LogP contribution in [0.25, 0.3) is 0 Å². The molecule has 0 unspecified atom stereocenters. The molecule has 0 bridgehead atoms. The fraction of sp³-hybridized carbons (Fsp3) is 0.500. The van der Waals surface area contributed by atoms with Crippen molar-refractivity contribution in [3.05, 3.63) is 35.9 Å². The first-order valence-electron chi connectivity index (χ1n) is 7.51. The van der Waals surface area contributed by atoms with Crippen molar-refractivity contribution in [3.8, 4) is 0 Å². The minimum Gasteiger partial charge on any atom is -0.312 e. The van der Waals surface area contributed by atoms with Gasteiger partial charge >= 0.3 is 6.03 Å². The summed E-state index contributed by atoms with van der Waals surface area (Å²) < 4.78 is 0. The van der Waals surface area contributed by atoms with Gasteiger partial charge in [-0.05, 0) is 30.6 Å². The lowest BCUT2D eigenvalue weighted by Crippen LogP contribution is -2.34. The van der Waals surface area contributed by atoms with Gasteiger partial charge in [0.05, 0.1) is 0 Å². The lowest BCUT2D eigenvalue weighted by atomic mass is 10.2. The molecule has 2 heterocycles. The first-order chi connectivity index (χ1) is 10.3. The van der Waals surface area contributed by atoms with Gasteiger partial charge in [0.15, 0.2) is 0 Å². The van der Waals surface area contributed by atoms with Crippen molar-refractivity contribution in [2.24, 2.45) is 0 Å². The lowest BCUT2D eigenvalue weighted by Gasteiger charge is -2.15. The average molecular weight is 304 g/mol. The Hall–Kier alpha value is -1.49. The van der Waals surface area contributed by atoms with Crippen LogP contribution in [0.4, 0.5) is 4.79 Å². The van der Waals surface area contributed by atoms with Crippen LogP contribution in [0.15, 0.2) is 30.3 Å². The number of carbonyl (C=O) groups is 2. The van der Waals surface area contributed by atoms with Gasteiger partial charge in [0.2, 0.25) is 0 Å². The zero-order chi connectivity index (χ0) is 14.7. The third-order valence-electron chi connectivity index (χ3n) is 4.06. The number of amides is 3. The molecule has 4 nitrogen and oxygen atoms in total. The number of thioether (sulfide) groups is 1. The minimum absolute atomic E-state index is 0.0190. The maximum absolute atomic E-state index is 12.1. The Balaban J connectivity index is 1.40. The number of carbonyl (C=O) groups excluding carboxylic acids is 2. The van der Waals surface area contributed by atoms with E-state index in [1.54, 1.807) is 4.90 Å². The third kappa shape index (κ3) is 3.07. The molecule has 0 N–H and O–H groups in total. The van der Waals surface area contributed by atoms with Crippen molar-refractivity contribution in [2.45, 2.75) is 31.1 Å². The predicted octanol–water partition coefficient (Wildman–Crippen LogP) is 2.74. The molecule has 0 saturated carbocycles. The summed E-state index contributed by atoms with van der Waals surface area (Å²) >= 11 is 1.85. The summed E-state index contributed by atoms with van der Waals surface area (Å²) in [7, 11) is 0. The predicted molar refractivity (Wildman–Crippen MR) is 84.1 cm³/mol. The zero-order valence-electron chi connectivity index (χ0n) is 12.0. The molecule has 0 spiro atoms. The highest BCUT2D eigenvalue weighted by atomic mass is 32.2. The molecule has 5 heteroatoms. The second-order valence-corrected chi connectivity index (χ2v) is 6.62. The number of benzene rings is 1. The second kappa shape index (κ2) is 6.52. The summed E-state index contributed by atoms with van der Waals surface area (Å²) in [6.45, 7) is 1.31. The molecule has 2 aliphatic heterocycles. The molecule has 1 aromatic carbocycles. The van der Waals surface area contributed by atoms with E-state index < -0.39 is 0 Å². The molecule has 2 fully saturated rings. The number of urea groups is 1. The minimum atomic E-state index is -0.158. The summed E-state index contributed by atoms with van der Waals surface area (Å²) in [6.07, 6.45) is 2.67. The van der Waals surface area contributed by atoms with Crippen LogP contribution in [0.5, 0.6) is 0 Å². The van der Waals surface area contributed by atoms with Crippen molar-refractivity contribution in [1.82, 2.24) is 9.80 Å². The topological polar surface area (TPSA) is 40.6 Å². The molecule has 1 aromatic rings. The number of rotatable bonds is 6. The maximum atomic E-state index is 12.1. The molecule has 21 heavy (non-hydrogen) atoms. The number of hydrogen-bond donors (Lipinski definition) is 0. The molecule has 0 aliphatic carbocycles. The van der Waals surface area contributed by atoms with Crippen LogP contribution in [-0.2, 0) is 10.5 Å². The molecule has 0 radical (unpaired) electrons. The Morgan fingerprint density at radius 2 is 2.00 bits per heavy atom. The fourth-order valence-corrected chi connectivity index (χ4v) is 3.88. The van der Waals surface area contributed by atoms with Crippen molar-refractivity contribution in [3.63, 3.8) is 0 Å². The fourth-order valence-electron chi connectivity index (χ4n) is 2.98. The second-order valence-electron chi connectivity index (χ2n) is 5.52. The largest absolute Gasteiger partial charge is 0.327 e. The number of hydrogen-bond acceptors (Lipinski definition) is 3. The van der Waals surface area contributed by atoms with Crippen LogP contribution in [-0.4, -0.2) is 46.6 Å². The van der Waals surface area contributed by atoms with Gasteiger partial charge in [-0.1, -0.05) is 30.3 Å². The third-order valence-corrected chi connectivity index (χ3v) is 5.18. The van der Waals surface area contributed by atoms with Crippen molar-refractivity contribution in [2.75, 3.05) is 18.8 Å². The first-order valence-corrected chi connectivity index (χ1v) is 8.66. The quantitative estimate of drug-likeness (QED) is 0.599. The molecular formula is C16H20N2O2S. The van der Waals surface area contributed by atoms with Crippen LogP contribution < -0.4 is 0 Å².